The second kappa shape index (κ2) is 13.7. The van der Waals surface area contributed by atoms with Crippen molar-refractivity contribution in [3.63, 3.8) is 0 Å². The van der Waals surface area contributed by atoms with Crippen LogP contribution in [-0.2, 0) is 26.2 Å². The van der Waals surface area contributed by atoms with Gasteiger partial charge >= 0.3 is 0 Å². The Bertz CT molecular complexity index is 1420. The van der Waals surface area contributed by atoms with Crippen LogP contribution in [0.3, 0.4) is 0 Å². The predicted octanol–water partition coefficient (Wildman–Crippen LogP) is 6.14. The fourth-order valence-corrected chi connectivity index (χ4v) is 5.92. The van der Waals surface area contributed by atoms with Gasteiger partial charge in [-0.15, -0.1) is 0 Å². The number of hydrogen-bond donors (Lipinski definition) is 1. The highest BCUT2D eigenvalue weighted by Gasteiger charge is 2.32. The van der Waals surface area contributed by atoms with Crippen molar-refractivity contribution in [2.24, 2.45) is 5.92 Å². The molecule has 11 heteroatoms. The number of sulfonamides is 1. The molecule has 2 amide bonds. The monoisotopic (exact) mass is 653 g/mol. The molecule has 3 aromatic carbocycles. The molecule has 1 N–H and O–H groups in total. The lowest BCUT2D eigenvalue weighted by Gasteiger charge is -2.32. The number of amides is 2. The molecular formula is C28H30BrCl2N3O4S. The van der Waals surface area contributed by atoms with Crippen LogP contribution < -0.4 is 9.62 Å². The number of hydrogen-bond acceptors (Lipinski definition) is 4. The van der Waals surface area contributed by atoms with Crippen LogP contribution in [0, 0.1) is 5.92 Å². The third-order valence-electron chi connectivity index (χ3n) is 5.87. The van der Waals surface area contributed by atoms with Gasteiger partial charge in [-0.05, 0) is 73.0 Å². The van der Waals surface area contributed by atoms with Crippen LogP contribution in [-0.4, -0.2) is 44.3 Å². The number of benzene rings is 3. The maximum Gasteiger partial charge on any atom is 0.264 e. The normalized spacial score (nSPS) is 12.2. The van der Waals surface area contributed by atoms with Crippen LogP contribution in [0.2, 0.25) is 10.0 Å². The van der Waals surface area contributed by atoms with Crippen LogP contribution in [0.15, 0.2) is 82.2 Å². The van der Waals surface area contributed by atoms with Gasteiger partial charge in [0.2, 0.25) is 11.8 Å². The minimum absolute atomic E-state index is 0.0408. The fourth-order valence-electron chi connectivity index (χ4n) is 3.76. The number of halogens is 3. The smallest absolute Gasteiger partial charge is 0.264 e. The molecule has 7 nitrogen and oxygen atoms in total. The highest BCUT2D eigenvalue weighted by Crippen LogP contribution is 2.27. The van der Waals surface area contributed by atoms with E-state index < -0.39 is 28.5 Å². The molecule has 0 aliphatic carbocycles. The molecule has 0 aliphatic rings. The van der Waals surface area contributed by atoms with Crippen LogP contribution in [0.4, 0.5) is 5.69 Å². The third-order valence-corrected chi connectivity index (χ3v) is 8.64. The maximum atomic E-state index is 13.9. The lowest BCUT2D eigenvalue weighted by molar-refractivity contribution is -0.139. The SMILES string of the molecule is CC(C)CNC(=O)C(C)N(Cc1cccc(Br)c1)C(=O)CN(c1cccc(Cl)c1)S(=O)(=O)c1ccc(Cl)cc1. The summed E-state index contributed by atoms with van der Waals surface area (Å²) in [6, 6.07) is 18.4. The molecule has 0 aliphatic heterocycles. The molecule has 0 heterocycles. The highest BCUT2D eigenvalue weighted by atomic mass is 79.9. The first kappa shape index (κ1) is 30.9. The van der Waals surface area contributed by atoms with Gasteiger partial charge in [-0.1, -0.05) is 71.2 Å². The quantitative estimate of drug-likeness (QED) is 0.269. The van der Waals surface area contributed by atoms with E-state index in [0.717, 1.165) is 14.3 Å². The van der Waals surface area contributed by atoms with Gasteiger partial charge in [0.25, 0.3) is 10.0 Å². The Morgan fingerprint density at radius 1 is 0.923 bits per heavy atom. The average Bonchev–Trinajstić information content (AvgIpc) is 2.88. The topological polar surface area (TPSA) is 86.8 Å². The molecule has 0 aromatic heterocycles. The van der Waals surface area contributed by atoms with Crippen LogP contribution >= 0.6 is 39.1 Å². The Morgan fingerprint density at radius 3 is 2.21 bits per heavy atom. The molecule has 1 unspecified atom stereocenters. The van der Waals surface area contributed by atoms with E-state index >= 15 is 0 Å². The first-order valence-electron chi connectivity index (χ1n) is 12.2. The zero-order valence-electron chi connectivity index (χ0n) is 21.8. The van der Waals surface area contributed by atoms with E-state index in [-0.39, 0.29) is 29.0 Å². The van der Waals surface area contributed by atoms with Crippen molar-refractivity contribution in [1.29, 1.82) is 0 Å². The zero-order valence-corrected chi connectivity index (χ0v) is 25.7. The molecule has 0 radical (unpaired) electrons. The van der Waals surface area contributed by atoms with Gasteiger partial charge in [0, 0.05) is 27.6 Å². The summed E-state index contributed by atoms with van der Waals surface area (Å²) < 4.78 is 29.4. The predicted molar refractivity (Wildman–Crippen MR) is 159 cm³/mol. The molecule has 3 rings (SSSR count). The van der Waals surface area contributed by atoms with Gasteiger partial charge in [-0.25, -0.2) is 8.42 Å². The Labute approximate surface area is 248 Å². The van der Waals surface area contributed by atoms with E-state index in [4.69, 9.17) is 23.2 Å². The fraction of sp³-hybridized carbons (Fsp3) is 0.286. The molecule has 0 bridgehead atoms. The Kier molecular flexibility index (Phi) is 10.8. The third kappa shape index (κ3) is 8.45. The van der Waals surface area contributed by atoms with E-state index in [0.29, 0.717) is 16.6 Å². The molecule has 3 aromatic rings. The van der Waals surface area contributed by atoms with Gasteiger partial charge in [-0.3, -0.25) is 13.9 Å². The summed E-state index contributed by atoms with van der Waals surface area (Å²) in [7, 11) is -4.20. The standard InChI is InChI=1S/C28H30BrCl2N3O4S/c1-19(2)16-32-28(36)20(3)33(17-21-6-4-7-22(29)14-21)27(35)18-34(25-9-5-8-24(31)15-25)39(37,38)26-12-10-23(30)11-13-26/h4-15,19-20H,16-18H2,1-3H3,(H,32,36). The first-order chi connectivity index (χ1) is 18.4. The van der Waals surface area contributed by atoms with Crippen LogP contribution in [0.1, 0.15) is 26.3 Å². The van der Waals surface area contributed by atoms with Crippen molar-refractivity contribution in [3.05, 3.63) is 92.9 Å². The van der Waals surface area contributed by atoms with Crippen LogP contribution in [0.5, 0.6) is 0 Å². The van der Waals surface area contributed by atoms with Gasteiger partial charge in [0.1, 0.15) is 12.6 Å². The molecular weight excluding hydrogens is 625 g/mol. The maximum absolute atomic E-state index is 13.9. The number of anilines is 1. The second-order valence-electron chi connectivity index (χ2n) is 9.41. The molecule has 0 saturated heterocycles. The van der Waals surface area contributed by atoms with Crippen molar-refractivity contribution >= 4 is 66.7 Å². The number of nitrogens with zero attached hydrogens (tertiary/aromatic N) is 2. The van der Waals surface area contributed by atoms with Crippen molar-refractivity contribution in [2.45, 2.75) is 38.3 Å². The minimum Gasteiger partial charge on any atom is -0.354 e. The molecule has 0 spiro atoms. The molecule has 39 heavy (non-hydrogen) atoms. The largest absolute Gasteiger partial charge is 0.354 e. The van der Waals surface area contributed by atoms with Crippen molar-refractivity contribution < 1.29 is 18.0 Å². The minimum atomic E-state index is -4.20. The molecule has 0 fully saturated rings. The molecule has 1 atom stereocenters. The summed E-state index contributed by atoms with van der Waals surface area (Å²) in [6.07, 6.45) is 0. The van der Waals surface area contributed by atoms with Gasteiger partial charge in [0.15, 0.2) is 0 Å². The van der Waals surface area contributed by atoms with E-state index in [1.54, 1.807) is 25.1 Å². The number of rotatable bonds is 11. The van der Waals surface area contributed by atoms with Gasteiger partial charge in [0.05, 0.1) is 10.6 Å². The lowest BCUT2D eigenvalue weighted by Crippen LogP contribution is -2.51. The zero-order chi connectivity index (χ0) is 28.7. The summed E-state index contributed by atoms with van der Waals surface area (Å²) in [4.78, 5) is 28.3. The summed E-state index contributed by atoms with van der Waals surface area (Å²) in [5.74, 6) is -0.667. The number of carbonyl (C=O) groups is 2. The average molecular weight is 655 g/mol. The van der Waals surface area contributed by atoms with Gasteiger partial charge < -0.3 is 10.2 Å². The summed E-state index contributed by atoms with van der Waals surface area (Å²) in [5.41, 5.74) is 0.987. The van der Waals surface area contributed by atoms with Gasteiger partial charge in [-0.2, -0.15) is 0 Å². The van der Waals surface area contributed by atoms with E-state index in [1.807, 2.05) is 38.1 Å². The van der Waals surface area contributed by atoms with Crippen molar-refractivity contribution in [1.82, 2.24) is 10.2 Å². The van der Waals surface area contributed by atoms with E-state index in [1.165, 1.54) is 35.2 Å². The number of nitrogens with one attached hydrogen (secondary N) is 1. The molecule has 0 saturated carbocycles. The van der Waals surface area contributed by atoms with Crippen molar-refractivity contribution in [3.8, 4) is 0 Å². The number of carbonyl (C=O) groups excluding carboxylic acids is 2. The Morgan fingerprint density at radius 2 is 1.59 bits per heavy atom. The summed E-state index contributed by atoms with van der Waals surface area (Å²) in [5, 5.41) is 3.55. The Balaban J connectivity index is 2.01. The lowest BCUT2D eigenvalue weighted by atomic mass is 10.1. The second-order valence-corrected chi connectivity index (χ2v) is 13.1. The van der Waals surface area contributed by atoms with Crippen molar-refractivity contribution in [2.75, 3.05) is 17.4 Å². The summed E-state index contributed by atoms with van der Waals surface area (Å²) in [6.45, 7) is 5.56. The van der Waals surface area contributed by atoms with E-state index in [2.05, 4.69) is 21.2 Å². The highest BCUT2D eigenvalue weighted by molar-refractivity contribution is 9.10. The summed E-state index contributed by atoms with van der Waals surface area (Å²) >= 11 is 15.6. The Hall–Kier alpha value is -2.59. The first-order valence-corrected chi connectivity index (χ1v) is 15.2. The van der Waals surface area contributed by atoms with E-state index in [9.17, 15) is 18.0 Å². The molecule has 208 valence electrons. The van der Waals surface area contributed by atoms with Crippen LogP contribution in [0.25, 0.3) is 0 Å².